The molecule has 0 saturated carbocycles. The molecule has 6 heteroatoms. The zero-order chi connectivity index (χ0) is 8.69. The van der Waals surface area contributed by atoms with Crippen LogP contribution in [0.1, 0.15) is 19.3 Å². The summed E-state index contributed by atoms with van der Waals surface area (Å²) in [6.07, 6.45) is 3.44. The Balaban J connectivity index is 0.000000218. The van der Waals surface area contributed by atoms with E-state index in [9.17, 15) is 0 Å². The van der Waals surface area contributed by atoms with Crippen LogP contribution in [-0.2, 0) is 9.30 Å². The Bertz CT molecular complexity index is 111. The van der Waals surface area contributed by atoms with Gasteiger partial charge in [-0.2, -0.15) is 0 Å². The fraction of sp³-hybridized carbons (Fsp3) is 1.00. The first-order chi connectivity index (χ1) is 5.13. The van der Waals surface area contributed by atoms with Crippen molar-refractivity contribution in [1.82, 2.24) is 0 Å². The molecule has 0 amide bonds. The van der Waals surface area contributed by atoms with Crippen LogP contribution in [0.3, 0.4) is 0 Å². The highest BCUT2D eigenvalue weighted by Crippen LogP contribution is 2.14. The maximum absolute atomic E-state index is 8.70. The van der Waals surface area contributed by atoms with Crippen LogP contribution < -0.4 is 0 Å². The Morgan fingerprint density at radius 3 is 2.18 bits per heavy atom. The van der Waals surface area contributed by atoms with Gasteiger partial charge in [0.1, 0.15) is 5.56 Å². The molecule has 0 bridgehead atoms. The number of halogens is 1. The van der Waals surface area contributed by atoms with Crippen molar-refractivity contribution in [3.63, 3.8) is 0 Å². The predicted molar refractivity (Wildman–Crippen MR) is 41.5 cm³/mol. The lowest BCUT2D eigenvalue weighted by Gasteiger charge is -2.15. The van der Waals surface area contributed by atoms with Crippen molar-refractivity contribution in [3.05, 3.63) is 0 Å². The maximum atomic E-state index is 8.70. The minimum atomic E-state index is -2.87. The van der Waals surface area contributed by atoms with E-state index in [4.69, 9.17) is 30.7 Å². The third-order valence-corrected chi connectivity index (χ3v) is 1.47. The maximum Gasteiger partial charge on any atom is 0.692 e. The van der Waals surface area contributed by atoms with Crippen LogP contribution in [0.25, 0.3) is 0 Å². The molecular weight excluding hydrogens is 190 g/mol. The van der Waals surface area contributed by atoms with Crippen molar-refractivity contribution in [2.24, 2.45) is 0 Å². The summed E-state index contributed by atoms with van der Waals surface area (Å²) in [5, 5.41) is 0. The lowest BCUT2D eigenvalue weighted by molar-refractivity contribution is 0.0680. The molecule has 1 fully saturated rings. The quantitative estimate of drug-likeness (QED) is 0.459. The molecule has 0 spiro atoms. The van der Waals surface area contributed by atoms with Gasteiger partial charge in [-0.25, -0.2) is 0 Å². The number of rotatable bonds is 0. The Morgan fingerprint density at radius 1 is 1.45 bits per heavy atom. The molecule has 1 heterocycles. The van der Waals surface area contributed by atoms with Crippen LogP contribution in [0.15, 0.2) is 0 Å². The summed E-state index contributed by atoms with van der Waals surface area (Å²) in [4.78, 5) is 14.2. The zero-order valence-corrected chi connectivity index (χ0v) is 7.59. The van der Waals surface area contributed by atoms with E-state index in [1.165, 1.54) is 12.8 Å². The molecule has 4 nitrogen and oxygen atoms in total. The number of ether oxygens (including phenoxy) is 1. The van der Waals surface area contributed by atoms with Crippen molar-refractivity contribution >= 4 is 19.9 Å². The van der Waals surface area contributed by atoms with Gasteiger partial charge in [-0.3, -0.25) is 0 Å². The molecule has 0 radical (unpaired) electrons. The molecule has 1 rings (SSSR count). The van der Waals surface area contributed by atoms with Crippen molar-refractivity contribution in [2.45, 2.75) is 24.8 Å². The van der Waals surface area contributed by atoms with E-state index < -0.39 is 8.25 Å². The van der Waals surface area contributed by atoms with Gasteiger partial charge in [-0.15, -0.1) is 9.79 Å². The molecule has 1 aliphatic rings. The number of hydrogen-bond donors (Lipinski definition) is 2. The van der Waals surface area contributed by atoms with E-state index >= 15 is 0 Å². The summed E-state index contributed by atoms with van der Waals surface area (Å²) in [5.74, 6) is 0. The van der Waals surface area contributed by atoms with Gasteiger partial charge in [0.05, 0.1) is 0 Å². The van der Waals surface area contributed by atoms with Gasteiger partial charge >= 0.3 is 8.25 Å². The minimum Gasteiger partial charge on any atom is -0.362 e. The molecule has 1 saturated heterocycles. The first kappa shape index (κ1) is 11.3. The molecular formula is C5H11ClO4P+. The summed E-state index contributed by atoms with van der Waals surface area (Å²) >= 11 is 5.59. The first-order valence-corrected chi connectivity index (χ1v) is 4.84. The molecule has 11 heavy (non-hydrogen) atoms. The molecule has 0 aromatic heterocycles. The second-order valence-corrected chi connectivity index (χ2v) is 3.02. The summed E-state index contributed by atoms with van der Waals surface area (Å²) in [7, 11) is -2.87. The highest BCUT2D eigenvalue weighted by atomic mass is 35.5. The van der Waals surface area contributed by atoms with Crippen LogP contribution in [0.4, 0.5) is 0 Å². The van der Waals surface area contributed by atoms with Crippen LogP contribution in [0, 0.1) is 0 Å². The Morgan fingerprint density at radius 2 is 2.00 bits per heavy atom. The smallest absolute Gasteiger partial charge is 0.362 e. The van der Waals surface area contributed by atoms with Crippen LogP contribution in [-0.4, -0.2) is 22.0 Å². The second kappa shape index (κ2) is 6.95. The lowest BCUT2D eigenvalue weighted by Crippen LogP contribution is -2.11. The Hall–Kier alpha value is 0.270. The van der Waals surface area contributed by atoms with Gasteiger partial charge in [-0.1, -0.05) is 11.6 Å². The Labute approximate surface area is 71.1 Å². The molecule has 66 valence electrons. The van der Waals surface area contributed by atoms with Crippen LogP contribution in [0.2, 0.25) is 0 Å². The standard InChI is InChI=1S/C5H9ClO.HO3P/c6-5-3-1-2-4-7-5;1-4(2)3/h5H,1-4H2;(H-,1,2,3)/p+1. The molecule has 1 unspecified atom stereocenters. The minimum absolute atomic E-state index is 0.00810. The normalized spacial score (nSPS) is 23.4. The van der Waals surface area contributed by atoms with Crippen molar-refractivity contribution < 1.29 is 19.1 Å². The topological polar surface area (TPSA) is 66.8 Å². The van der Waals surface area contributed by atoms with Gasteiger partial charge < -0.3 is 4.74 Å². The molecule has 0 aromatic rings. The van der Waals surface area contributed by atoms with E-state index in [0.717, 1.165) is 13.0 Å². The average molecular weight is 202 g/mol. The van der Waals surface area contributed by atoms with E-state index in [0.29, 0.717) is 0 Å². The molecule has 0 aliphatic carbocycles. The predicted octanol–water partition coefficient (Wildman–Crippen LogP) is 1.38. The van der Waals surface area contributed by atoms with Crippen LogP contribution in [0.5, 0.6) is 0 Å². The third-order valence-electron chi connectivity index (χ3n) is 1.12. The van der Waals surface area contributed by atoms with Crippen molar-refractivity contribution in [3.8, 4) is 0 Å². The summed E-state index contributed by atoms with van der Waals surface area (Å²) in [5.41, 5.74) is 0.00810. The monoisotopic (exact) mass is 201 g/mol. The van der Waals surface area contributed by atoms with Crippen molar-refractivity contribution in [1.29, 1.82) is 0 Å². The SMILES string of the molecule is ClC1CCCCO1.O=[P+](O)O. The average Bonchev–Trinajstić information content (AvgIpc) is 1.87. The molecule has 1 aliphatic heterocycles. The number of alkyl halides is 1. The lowest BCUT2D eigenvalue weighted by atomic mass is 10.2. The van der Waals surface area contributed by atoms with Crippen molar-refractivity contribution in [2.75, 3.05) is 6.61 Å². The van der Waals surface area contributed by atoms with Gasteiger partial charge in [0.25, 0.3) is 0 Å². The van der Waals surface area contributed by atoms with E-state index in [1.54, 1.807) is 0 Å². The number of hydrogen-bond acceptors (Lipinski definition) is 2. The molecule has 0 aromatic carbocycles. The highest BCUT2D eigenvalue weighted by Gasteiger charge is 2.08. The summed E-state index contributed by atoms with van der Waals surface area (Å²) in [6, 6.07) is 0. The largest absolute Gasteiger partial charge is 0.692 e. The fourth-order valence-electron chi connectivity index (χ4n) is 0.701. The summed E-state index contributed by atoms with van der Waals surface area (Å²) < 4.78 is 13.7. The second-order valence-electron chi connectivity index (χ2n) is 2.03. The Kier molecular flexibility index (Phi) is 7.12. The van der Waals surface area contributed by atoms with E-state index in [-0.39, 0.29) is 5.56 Å². The first-order valence-electron chi connectivity index (χ1n) is 3.23. The molecule has 1 atom stereocenters. The van der Waals surface area contributed by atoms with E-state index in [1.807, 2.05) is 0 Å². The highest BCUT2D eigenvalue weighted by molar-refractivity contribution is 7.30. The van der Waals surface area contributed by atoms with Gasteiger partial charge in [0, 0.05) is 11.2 Å². The van der Waals surface area contributed by atoms with Gasteiger partial charge in [-0.05, 0) is 19.3 Å². The van der Waals surface area contributed by atoms with E-state index in [2.05, 4.69) is 0 Å². The summed E-state index contributed by atoms with van der Waals surface area (Å²) in [6.45, 7) is 0.855. The molecule has 2 N–H and O–H groups in total. The fourth-order valence-corrected chi connectivity index (χ4v) is 0.945. The third kappa shape index (κ3) is 10.3. The van der Waals surface area contributed by atoms with Gasteiger partial charge in [0.2, 0.25) is 0 Å². The zero-order valence-electron chi connectivity index (χ0n) is 5.94. The van der Waals surface area contributed by atoms with Gasteiger partial charge in [0.15, 0.2) is 0 Å². The van der Waals surface area contributed by atoms with Crippen LogP contribution >= 0.6 is 19.9 Å².